The lowest BCUT2D eigenvalue weighted by Gasteiger charge is -2.41. The molecule has 1 fully saturated rings. The van der Waals surface area contributed by atoms with Gasteiger partial charge in [0.05, 0.1) is 13.7 Å². The van der Waals surface area contributed by atoms with E-state index in [-0.39, 0.29) is 23.2 Å². The maximum atomic E-state index is 12.5. The lowest BCUT2D eigenvalue weighted by atomic mass is 9.94. The highest BCUT2D eigenvalue weighted by Gasteiger charge is 2.46. The molecule has 0 amide bonds. The van der Waals surface area contributed by atoms with Gasteiger partial charge in [-0.1, -0.05) is 12.2 Å². The summed E-state index contributed by atoms with van der Waals surface area (Å²) in [5, 5.41) is 41.0. The van der Waals surface area contributed by atoms with Crippen LogP contribution in [0.3, 0.4) is 0 Å². The molecule has 10 nitrogen and oxygen atoms in total. The molecule has 3 rings (SSSR count). The van der Waals surface area contributed by atoms with Crippen LogP contribution in [0.15, 0.2) is 18.2 Å². The maximum absolute atomic E-state index is 12.5. The van der Waals surface area contributed by atoms with Gasteiger partial charge >= 0.3 is 5.97 Å². The molecule has 1 saturated heterocycles. The summed E-state index contributed by atoms with van der Waals surface area (Å²) in [7, 11) is 2.61. The number of cyclic esters (lactones) is 1. The van der Waals surface area contributed by atoms with Gasteiger partial charge in [-0.2, -0.15) is 0 Å². The van der Waals surface area contributed by atoms with Gasteiger partial charge < -0.3 is 44.1 Å². The summed E-state index contributed by atoms with van der Waals surface area (Å²) in [6, 6.07) is 1.52. The first-order valence-electron chi connectivity index (χ1n) is 10.4. The van der Waals surface area contributed by atoms with Crippen molar-refractivity contribution < 1.29 is 48.9 Å². The number of rotatable bonds is 8. The Bertz CT molecular complexity index is 836. The van der Waals surface area contributed by atoms with Crippen LogP contribution in [-0.4, -0.2) is 84.0 Å². The van der Waals surface area contributed by atoms with E-state index in [0.29, 0.717) is 18.4 Å². The molecule has 0 aliphatic carbocycles. The number of aliphatic hydroxyl groups excluding tert-OH is 3. The quantitative estimate of drug-likeness (QED) is 0.327. The van der Waals surface area contributed by atoms with Gasteiger partial charge in [0.1, 0.15) is 36.1 Å². The molecule has 0 unspecified atom stereocenters. The highest BCUT2D eigenvalue weighted by Crippen LogP contribution is 2.45. The Labute approximate surface area is 185 Å². The third-order valence-corrected chi connectivity index (χ3v) is 5.66. The SMILES string of the molecule is C/C=C/CC[C@H]1Cc2cc(O[C@@H]3O[C@H](CO)[C@@H](OC)[C@H](O)[C@H]3O)c(OC)c(O)c2C(=O)O1. The molecule has 0 saturated carbocycles. The standard InChI is InChI=1S/C22H30O10/c1-4-5-6-7-12-8-11-9-13(19(28-2)16(24)15(11)21(27)30-12)31-22-18(26)17(25)20(29-3)14(10-23)32-22/h4-5,9,12,14,17-18,20,22-26H,6-8,10H2,1-3H3/b5-4+/t12-,14+,17+,18+,20+,22+/m0/s1. The van der Waals surface area contributed by atoms with E-state index < -0.39 is 49.0 Å². The summed E-state index contributed by atoms with van der Waals surface area (Å²) < 4.78 is 27.1. The summed E-state index contributed by atoms with van der Waals surface area (Å²) in [6.07, 6.45) is -0.970. The van der Waals surface area contributed by atoms with E-state index in [0.717, 1.165) is 6.42 Å². The van der Waals surface area contributed by atoms with Crippen molar-refractivity contribution in [1.82, 2.24) is 0 Å². The van der Waals surface area contributed by atoms with Gasteiger partial charge in [-0.3, -0.25) is 0 Å². The molecule has 178 valence electrons. The van der Waals surface area contributed by atoms with Gasteiger partial charge in [0.15, 0.2) is 11.5 Å². The second-order valence-electron chi connectivity index (χ2n) is 7.69. The predicted molar refractivity (Wildman–Crippen MR) is 111 cm³/mol. The minimum Gasteiger partial charge on any atom is -0.504 e. The monoisotopic (exact) mass is 454 g/mol. The molecule has 2 aliphatic heterocycles. The number of phenolic OH excluding ortho intramolecular Hbond substituents is 1. The van der Waals surface area contributed by atoms with Crippen molar-refractivity contribution in [2.24, 2.45) is 0 Å². The largest absolute Gasteiger partial charge is 0.504 e. The van der Waals surface area contributed by atoms with Crippen LogP contribution in [0.2, 0.25) is 0 Å². The minimum absolute atomic E-state index is 0.00527. The molecule has 0 radical (unpaired) electrons. The Hall–Kier alpha value is -2.37. The highest BCUT2D eigenvalue weighted by molar-refractivity contribution is 5.96. The number of carbonyl (C=O) groups is 1. The van der Waals surface area contributed by atoms with E-state index in [9.17, 15) is 25.2 Å². The average Bonchev–Trinajstić information content (AvgIpc) is 2.76. The number of hydrogen-bond donors (Lipinski definition) is 4. The van der Waals surface area contributed by atoms with Crippen LogP contribution in [-0.2, 0) is 20.6 Å². The van der Waals surface area contributed by atoms with Gasteiger partial charge in [-0.15, -0.1) is 0 Å². The van der Waals surface area contributed by atoms with Crippen molar-refractivity contribution in [3.8, 4) is 17.2 Å². The summed E-state index contributed by atoms with van der Waals surface area (Å²) in [4.78, 5) is 12.5. The minimum atomic E-state index is -1.51. The van der Waals surface area contributed by atoms with E-state index in [4.69, 9.17) is 23.7 Å². The van der Waals surface area contributed by atoms with Gasteiger partial charge in [0, 0.05) is 13.5 Å². The van der Waals surface area contributed by atoms with Gasteiger partial charge in [-0.25, -0.2) is 4.79 Å². The molecule has 32 heavy (non-hydrogen) atoms. The first kappa shape index (κ1) is 24.3. The van der Waals surface area contributed by atoms with Crippen molar-refractivity contribution in [2.75, 3.05) is 20.8 Å². The van der Waals surface area contributed by atoms with Crippen molar-refractivity contribution >= 4 is 5.97 Å². The predicted octanol–water partition coefficient (Wildman–Crippen LogP) is 0.671. The first-order chi connectivity index (χ1) is 15.4. The fourth-order valence-electron chi connectivity index (χ4n) is 4.03. The van der Waals surface area contributed by atoms with Crippen LogP contribution in [0.25, 0.3) is 0 Å². The van der Waals surface area contributed by atoms with Crippen LogP contribution in [0.4, 0.5) is 0 Å². The van der Waals surface area contributed by atoms with E-state index >= 15 is 0 Å². The maximum Gasteiger partial charge on any atom is 0.342 e. The number of phenols is 1. The average molecular weight is 454 g/mol. The normalized spacial score (nSPS) is 30.1. The molecule has 1 aromatic rings. The van der Waals surface area contributed by atoms with E-state index in [2.05, 4.69) is 0 Å². The summed E-state index contributed by atoms with van der Waals surface area (Å²) in [5.41, 5.74) is 0.494. The van der Waals surface area contributed by atoms with Crippen LogP contribution in [0.1, 0.15) is 35.7 Å². The fraction of sp³-hybridized carbons (Fsp3) is 0.591. The molecule has 0 bridgehead atoms. The third kappa shape index (κ3) is 4.69. The molecular weight excluding hydrogens is 424 g/mol. The van der Waals surface area contributed by atoms with Crippen LogP contribution < -0.4 is 9.47 Å². The zero-order chi connectivity index (χ0) is 23.4. The van der Waals surface area contributed by atoms with Gasteiger partial charge in [0.2, 0.25) is 12.0 Å². The van der Waals surface area contributed by atoms with E-state index in [1.54, 1.807) is 0 Å². The first-order valence-corrected chi connectivity index (χ1v) is 10.4. The number of hydrogen-bond acceptors (Lipinski definition) is 10. The van der Waals surface area contributed by atoms with Crippen molar-refractivity contribution in [1.29, 1.82) is 0 Å². The number of allylic oxidation sites excluding steroid dienone is 2. The zero-order valence-corrected chi connectivity index (χ0v) is 18.3. The topological polar surface area (TPSA) is 144 Å². The Balaban J connectivity index is 1.90. The Morgan fingerprint density at radius 1 is 1.25 bits per heavy atom. The molecule has 2 heterocycles. The summed E-state index contributed by atoms with van der Waals surface area (Å²) in [5.74, 6) is -1.25. The van der Waals surface area contributed by atoms with Gasteiger partial charge in [-0.05, 0) is 31.4 Å². The fourth-order valence-corrected chi connectivity index (χ4v) is 4.03. The number of aliphatic hydroxyl groups is 3. The van der Waals surface area contributed by atoms with Crippen molar-refractivity contribution in [2.45, 2.75) is 63.0 Å². The third-order valence-electron chi connectivity index (χ3n) is 5.66. The molecule has 6 atom stereocenters. The van der Waals surface area contributed by atoms with E-state index in [1.807, 2.05) is 19.1 Å². The second kappa shape index (κ2) is 10.5. The molecule has 10 heteroatoms. The van der Waals surface area contributed by atoms with Crippen LogP contribution >= 0.6 is 0 Å². The smallest absolute Gasteiger partial charge is 0.342 e. The number of esters is 1. The molecule has 0 aromatic heterocycles. The summed E-state index contributed by atoms with van der Waals surface area (Å²) >= 11 is 0. The Kier molecular flexibility index (Phi) is 7.96. The molecule has 4 N–H and O–H groups in total. The molecule has 1 aromatic carbocycles. The number of benzene rings is 1. The van der Waals surface area contributed by atoms with Gasteiger partial charge in [0.25, 0.3) is 0 Å². The Morgan fingerprint density at radius 3 is 2.62 bits per heavy atom. The Morgan fingerprint density at radius 2 is 2.00 bits per heavy atom. The second-order valence-corrected chi connectivity index (χ2v) is 7.69. The molecule has 2 aliphatic rings. The lowest BCUT2D eigenvalue weighted by Crippen LogP contribution is -2.60. The number of carbonyl (C=O) groups excluding carboxylic acids is 1. The van der Waals surface area contributed by atoms with Crippen molar-refractivity contribution in [3.63, 3.8) is 0 Å². The number of fused-ring (bicyclic) bond motifs is 1. The summed E-state index contributed by atoms with van der Waals surface area (Å²) in [6.45, 7) is 1.43. The zero-order valence-electron chi connectivity index (χ0n) is 18.3. The lowest BCUT2D eigenvalue weighted by molar-refractivity contribution is -0.282. The van der Waals surface area contributed by atoms with Crippen molar-refractivity contribution in [3.05, 3.63) is 29.3 Å². The molecular formula is C22H30O10. The van der Waals surface area contributed by atoms with E-state index in [1.165, 1.54) is 20.3 Å². The number of aromatic hydroxyl groups is 1. The number of methoxy groups -OCH3 is 2. The molecule has 0 spiro atoms. The highest BCUT2D eigenvalue weighted by atomic mass is 16.7. The van der Waals surface area contributed by atoms with Crippen LogP contribution in [0, 0.1) is 0 Å². The van der Waals surface area contributed by atoms with Crippen LogP contribution in [0.5, 0.6) is 17.2 Å². The number of ether oxygens (including phenoxy) is 5.